The molecule has 5 nitrogen and oxygen atoms in total. The highest BCUT2D eigenvalue weighted by Crippen LogP contribution is 2.44. The van der Waals surface area contributed by atoms with Gasteiger partial charge < -0.3 is 5.11 Å². The minimum atomic E-state index is -0.874. The van der Waals surface area contributed by atoms with Crippen LogP contribution < -0.4 is 0 Å². The van der Waals surface area contributed by atoms with Gasteiger partial charge in [0, 0.05) is 24.7 Å². The lowest BCUT2D eigenvalue weighted by molar-refractivity contribution is 0.0697. The van der Waals surface area contributed by atoms with Gasteiger partial charge in [0.15, 0.2) is 0 Å². The quantitative estimate of drug-likeness (QED) is 0.933. The lowest BCUT2D eigenvalue weighted by Crippen LogP contribution is -2.45. The molecule has 0 bridgehead atoms. The van der Waals surface area contributed by atoms with Crippen molar-refractivity contribution in [2.24, 2.45) is 0 Å². The van der Waals surface area contributed by atoms with E-state index in [-0.39, 0.29) is 5.41 Å². The van der Waals surface area contributed by atoms with Crippen LogP contribution in [-0.2, 0) is 18.4 Å². The minimum Gasteiger partial charge on any atom is -0.478 e. The maximum Gasteiger partial charge on any atom is 0.335 e. The van der Waals surface area contributed by atoms with E-state index >= 15 is 0 Å². The second kappa shape index (κ2) is 6.23. The van der Waals surface area contributed by atoms with Crippen LogP contribution in [0, 0.1) is 6.92 Å². The van der Waals surface area contributed by atoms with Gasteiger partial charge in [-0.25, -0.2) is 14.8 Å². The first-order valence-electron chi connectivity index (χ1n) is 8.93. The Morgan fingerprint density at radius 3 is 2.84 bits per heavy atom. The first kappa shape index (κ1) is 16.2. The lowest BCUT2D eigenvalue weighted by atomic mass is 9.77. The standard InChI is InChI=1S/C20H23N3O2/c1-14-21-11-17-7-9-20(18(17)22-14)8-2-10-23(13-20)12-15-3-5-16(6-4-15)19(24)25/h3-6,11H,2,7-10,12-13H2,1H3,(H,24,25). The molecule has 1 unspecified atom stereocenters. The SMILES string of the molecule is Cc1ncc2c(n1)C1(CCCN(Cc3ccc(C(=O)O)cc3)C1)CC2. The molecule has 0 radical (unpaired) electrons. The van der Waals surface area contributed by atoms with Gasteiger partial charge in [-0.2, -0.15) is 0 Å². The first-order chi connectivity index (χ1) is 12.1. The van der Waals surface area contributed by atoms with Gasteiger partial charge in [0.1, 0.15) is 5.82 Å². The normalized spacial score (nSPS) is 22.9. The van der Waals surface area contributed by atoms with Crippen LogP contribution in [0.15, 0.2) is 30.5 Å². The van der Waals surface area contributed by atoms with Crippen molar-refractivity contribution < 1.29 is 9.90 Å². The molecule has 2 aromatic rings. The molecular formula is C20H23N3O2. The summed E-state index contributed by atoms with van der Waals surface area (Å²) in [5, 5.41) is 9.03. The monoisotopic (exact) mass is 337 g/mol. The molecule has 4 rings (SSSR count). The summed E-state index contributed by atoms with van der Waals surface area (Å²) in [5.41, 5.74) is 4.27. The number of nitrogens with zero attached hydrogens (tertiary/aromatic N) is 3. The molecule has 0 saturated carbocycles. The van der Waals surface area contributed by atoms with Gasteiger partial charge in [-0.15, -0.1) is 0 Å². The molecule has 0 amide bonds. The fourth-order valence-electron chi connectivity index (χ4n) is 4.40. The summed E-state index contributed by atoms with van der Waals surface area (Å²) in [4.78, 5) is 22.7. The fourth-order valence-corrected chi connectivity index (χ4v) is 4.40. The molecule has 2 aliphatic rings. The van der Waals surface area contributed by atoms with E-state index < -0.39 is 5.97 Å². The molecule has 1 atom stereocenters. The Bertz CT molecular complexity index is 799. The molecule has 1 aliphatic carbocycles. The van der Waals surface area contributed by atoms with Crippen molar-refractivity contribution in [3.05, 3.63) is 58.7 Å². The Balaban J connectivity index is 1.52. The van der Waals surface area contributed by atoms with E-state index in [0.717, 1.165) is 38.3 Å². The van der Waals surface area contributed by atoms with Crippen LogP contribution >= 0.6 is 0 Å². The predicted molar refractivity (Wildman–Crippen MR) is 94.7 cm³/mol. The van der Waals surface area contributed by atoms with Crippen LogP contribution in [0.5, 0.6) is 0 Å². The highest BCUT2D eigenvalue weighted by molar-refractivity contribution is 5.87. The Hall–Kier alpha value is -2.27. The van der Waals surface area contributed by atoms with Crippen LogP contribution in [0.4, 0.5) is 0 Å². The average molecular weight is 337 g/mol. The summed E-state index contributed by atoms with van der Waals surface area (Å²) in [6, 6.07) is 7.25. The number of carboxylic acids is 1. The molecule has 1 N–H and O–H groups in total. The van der Waals surface area contributed by atoms with Crippen molar-refractivity contribution in [1.29, 1.82) is 0 Å². The number of carbonyl (C=O) groups is 1. The van der Waals surface area contributed by atoms with Crippen molar-refractivity contribution in [3.8, 4) is 0 Å². The third-order valence-corrected chi connectivity index (χ3v) is 5.62. The van der Waals surface area contributed by atoms with Gasteiger partial charge >= 0.3 is 5.97 Å². The van der Waals surface area contributed by atoms with E-state index in [0.29, 0.717) is 5.56 Å². The summed E-state index contributed by atoms with van der Waals surface area (Å²) in [6.45, 7) is 4.94. The number of aryl methyl sites for hydroxylation is 2. The number of fused-ring (bicyclic) bond motifs is 2. The second-order valence-electron chi connectivity index (χ2n) is 7.39. The van der Waals surface area contributed by atoms with Crippen LogP contribution in [0.1, 0.15) is 52.3 Å². The largest absolute Gasteiger partial charge is 0.478 e. The summed E-state index contributed by atoms with van der Waals surface area (Å²) >= 11 is 0. The highest BCUT2D eigenvalue weighted by Gasteiger charge is 2.43. The minimum absolute atomic E-state index is 0.169. The number of aromatic nitrogens is 2. The summed E-state index contributed by atoms with van der Waals surface area (Å²) < 4.78 is 0. The van der Waals surface area contributed by atoms with E-state index in [1.807, 2.05) is 25.3 Å². The number of likely N-dealkylation sites (tertiary alicyclic amines) is 1. The second-order valence-corrected chi connectivity index (χ2v) is 7.39. The molecular weight excluding hydrogens is 314 g/mol. The predicted octanol–water partition coefficient (Wildman–Crippen LogP) is 2.96. The molecule has 5 heteroatoms. The number of hydrogen-bond donors (Lipinski definition) is 1. The molecule has 1 spiro atoms. The van der Waals surface area contributed by atoms with E-state index in [9.17, 15) is 4.79 Å². The third kappa shape index (κ3) is 3.04. The Morgan fingerprint density at radius 1 is 1.28 bits per heavy atom. The Kier molecular flexibility index (Phi) is 4.04. The average Bonchev–Trinajstić information content (AvgIpc) is 2.93. The Labute approximate surface area is 147 Å². The number of benzene rings is 1. The number of carboxylic acid groups (broad SMARTS) is 1. The van der Waals surface area contributed by atoms with Gasteiger partial charge in [0.05, 0.1) is 11.3 Å². The number of rotatable bonds is 3. The van der Waals surface area contributed by atoms with Gasteiger partial charge in [0.25, 0.3) is 0 Å². The number of piperidine rings is 1. The van der Waals surface area contributed by atoms with Crippen LogP contribution in [0.3, 0.4) is 0 Å². The zero-order chi connectivity index (χ0) is 17.4. The number of aromatic carboxylic acids is 1. The topological polar surface area (TPSA) is 66.3 Å². The van der Waals surface area contributed by atoms with Crippen molar-refractivity contribution in [3.63, 3.8) is 0 Å². The summed E-state index contributed by atoms with van der Waals surface area (Å²) in [5.74, 6) is -0.0116. The Morgan fingerprint density at radius 2 is 2.08 bits per heavy atom. The maximum absolute atomic E-state index is 11.0. The van der Waals surface area contributed by atoms with Crippen LogP contribution in [0.25, 0.3) is 0 Å². The molecule has 25 heavy (non-hydrogen) atoms. The highest BCUT2D eigenvalue weighted by atomic mass is 16.4. The molecule has 130 valence electrons. The fraction of sp³-hybridized carbons (Fsp3) is 0.450. The molecule has 1 aromatic heterocycles. The maximum atomic E-state index is 11.0. The van der Waals surface area contributed by atoms with Crippen molar-refractivity contribution in [1.82, 2.24) is 14.9 Å². The van der Waals surface area contributed by atoms with Gasteiger partial charge in [-0.3, -0.25) is 4.90 Å². The van der Waals surface area contributed by atoms with E-state index in [2.05, 4.69) is 9.88 Å². The summed E-state index contributed by atoms with van der Waals surface area (Å²) in [7, 11) is 0. The summed E-state index contributed by atoms with van der Waals surface area (Å²) in [6.07, 6.45) is 6.63. The van der Waals surface area contributed by atoms with Gasteiger partial charge in [-0.1, -0.05) is 12.1 Å². The molecule has 1 aliphatic heterocycles. The number of hydrogen-bond acceptors (Lipinski definition) is 4. The van der Waals surface area contributed by atoms with Crippen molar-refractivity contribution >= 4 is 5.97 Å². The molecule has 1 fully saturated rings. The van der Waals surface area contributed by atoms with E-state index in [1.165, 1.54) is 29.7 Å². The van der Waals surface area contributed by atoms with Crippen LogP contribution in [0.2, 0.25) is 0 Å². The van der Waals surface area contributed by atoms with Crippen molar-refractivity contribution in [2.75, 3.05) is 13.1 Å². The van der Waals surface area contributed by atoms with Crippen LogP contribution in [-0.4, -0.2) is 39.0 Å². The zero-order valence-corrected chi connectivity index (χ0v) is 14.5. The van der Waals surface area contributed by atoms with E-state index in [1.54, 1.807) is 12.1 Å². The van der Waals surface area contributed by atoms with Gasteiger partial charge in [0.2, 0.25) is 0 Å². The van der Waals surface area contributed by atoms with Gasteiger partial charge in [-0.05, 0) is 62.4 Å². The zero-order valence-electron chi connectivity index (χ0n) is 14.5. The van der Waals surface area contributed by atoms with E-state index in [4.69, 9.17) is 10.1 Å². The third-order valence-electron chi connectivity index (χ3n) is 5.62. The van der Waals surface area contributed by atoms with Crippen molar-refractivity contribution in [2.45, 2.75) is 44.6 Å². The molecule has 1 aromatic carbocycles. The smallest absolute Gasteiger partial charge is 0.335 e. The molecule has 1 saturated heterocycles. The first-order valence-corrected chi connectivity index (χ1v) is 8.93. The lowest BCUT2D eigenvalue weighted by Gasteiger charge is -2.40. The molecule has 2 heterocycles.